The average Bonchev–Trinajstić information content (AvgIpc) is 3.02. The van der Waals surface area contributed by atoms with Crippen molar-refractivity contribution in [3.63, 3.8) is 0 Å². The van der Waals surface area contributed by atoms with Gasteiger partial charge in [0.05, 0.1) is 18.0 Å². The van der Waals surface area contributed by atoms with Gasteiger partial charge in [-0.3, -0.25) is 9.20 Å². The van der Waals surface area contributed by atoms with Gasteiger partial charge in [0, 0.05) is 6.20 Å². The van der Waals surface area contributed by atoms with Crippen molar-refractivity contribution in [2.24, 2.45) is 0 Å². The third kappa shape index (κ3) is 2.98. The highest BCUT2D eigenvalue weighted by Crippen LogP contribution is 2.25. The number of fused-ring (bicyclic) bond motifs is 1. The van der Waals surface area contributed by atoms with E-state index in [0.29, 0.717) is 30.1 Å². The van der Waals surface area contributed by atoms with Gasteiger partial charge in [-0.2, -0.15) is 0 Å². The van der Waals surface area contributed by atoms with Gasteiger partial charge in [-0.05, 0) is 37.6 Å². The minimum absolute atomic E-state index is 0.174. The van der Waals surface area contributed by atoms with Crippen LogP contribution in [0.4, 0.5) is 18.9 Å². The molecular formula is C18H16F3N3O2. The first-order valence-electron chi connectivity index (χ1n) is 8.05. The number of nitrogens with zero attached hydrogens (tertiary/aromatic N) is 2. The summed E-state index contributed by atoms with van der Waals surface area (Å²) in [7, 11) is 0. The van der Waals surface area contributed by atoms with Crippen molar-refractivity contribution in [1.29, 1.82) is 0 Å². The summed E-state index contributed by atoms with van der Waals surface area (Å²) >= 11 is 0. The van der Waals surface area contributed by atoms with Gasteiger partial charge in [0.1, 0.15) is 5.69 Å². The fourth-order valence-electron chi connectivity index (χ4n) is 2.65. The number of hydrogen-bond donors (Lipinski definition) is 1. The molecule has 2 aromatic heterocycles. The lowest BCUT2D eigenvalue weighted by molar-refractivity contribution is 0.102. The molecule has 0 radical (unpaired) electrons. The predicted octanol–water partition coefficient (Wildman–Crippen LogP) is 3.97. The van der Waals surface area contributed by atoms with Crippen molar-refractivity contribution < 1.29 is 22.7 Å². The van der Waals surface area contributed by atoms with E-state index in [9.17, 15) is 18.0 Å². The summed E-state index contributed by atoms with van der Waals surface area (Å²) in [5.74, 6) is -4.61. The van der Waals surface area contributed by atoms with E-state index in [1.54, 1.807) is 18.3 Å². The van der Waals surface area contributed by atoms with Crippen LogP contribution in [0.2, 0.25) is 0 Å². The number of pyridine rings is 1. The highest BCUT2D eigenvalue weighted by atomic mass is 19.2. The van der Waals surface area contributed by atoms with Crippen LogP contribution in [-0.2, 0) is 6.42 Å². The Morgan fingerprint density at radius 1 is 1.19 bits per heavy atom. The number of benzene rings is 1. The molecule has 0 fully saturated rings. The van der Waals surface area contributed by atoms with E-state index in [1.807, 2.05) is 13.8 Å². The Kier molecular flexibility index (Phi) is 4.83. The van der Waals surface area contributed by atoms with Crippen LogP contribution in [0.25, 0.3) is 5.65 Å². The van der Waals surface area contributed by atoms with Gasteiger partial charge >= 0.3 is 0 Å². The molecule has 2 heterocycles. The highest BCUT2D eigenvalue weighted by Gasteiger charge is 2.22. The molecule has 0 saturated carbocycles. The first-order chi connectivity index (χ1) is 12.5. The lowest BCUT2D eigenvalue weighted by Gasteiger charge is -2.09. The quantitative estimate of drug-likeness (QED) is 0.698. The number of hydrogen-bond acceptors (Lipinski definition) is 3. The maximum absolute atomic E-state index is 13.9. The fourth-order valence-corrected chi connectivity index (χ4v) is 2.65. The molecular weight excluding hydrogens is 347 g/mol. The van der Waals surface area contributed by atoms with Crippen LogP contribution in [-0.4, -0.2) is 21.9 Å². The number of aryl methyl sites for hydroxylation is 1. The molecule has 1 N–H and O–H groups in total. The average molecular weight is 363 g/mol. The van der Waals surface area contributed by atoms with Gasteiger partial charge in [0.2, 0.25) is 0 Å². The van der Waals surface area contributed by atoms with Crippen molar-refractivity contribution in [2.45, 2.75) is 20.3 Å². The maximum Gasteiger partial charge on any atom is 0.274 e. The SMILES string of the molecule is CCOc1cccn2c(C(=O)Nc3ccc(F)c(F)c3F)c(CC)nc12. The lowest BCUT2D eigenvalue weighted by atomic mass is 10.2. The van der Waals surface area contributed by atoms with E-state index in [2.05, 4.69) is 10.3 Å². The molecule has 8 heteroatoms. The van der Waals surface area contributed by atoms with Crippen molar-refractivity contribution in [3.05, 3.63) is 59.3 Å². The number of nitrogens with one attached hydrogen (secondary N) is 1. The molecule has 0 aliphatic carbocycles. The molecule has 0 saturated heterocycles. The number of halogens is 3. The summed E-state index contributed by atoms with van der Waals surface area (Å²) in [4.78, 5) is 17.1. The van der Waals surface area contributed by atoms with Crippen LogP contribution in [0, 0.1) is 17.5 Å². The number of ether oxygens (including phenoxy) is 1. The van der Waals surface area contributed by atoms with Crippen LogP contribution in [0.5, 0.6) is 5.75 Å². The molecule has 0 spiro atoms. The minimum atomic E-state index is -1.64. The van der Waals surface area contributed by atoms with Gasteiger partial charge in [-0.1, -0.05) is 6.92 Å². The summed E-state index contributed by atoms with van der Waals surface area (Å²) in [5.41, 5.74) is 0.639. The molecule has 136 valence electrons. The van der Waals surface area contributed by atoms with Crippen molar-refractivity contribution in [1.82, 2.24) is 9.38 Å². The zero-order valence-corrected chi connectivity index (χ0v) is 14.1. The molecule has 1 aromatic carbocycles. The van der Waals surface area contributed by atoms with Crippen molar-refractivity contribution in [2.75, 3.05) is 11.9 Å². The number of anilines is 1. The third-order valence-electron chi connectivity index (χ3n) is 3.82. The molecule has 0 atom stereocenters. The normalized spacial score (nSPS) is 11.0. The molecule has 0 bridgehead atoms. The minimum Gasteiger partial charge on any atom is -0.490 e. The summed E-state index contributed by atoms with van der Waals surface area (Å²) in [5, 5.41) is 2.28. The van der Waals surface area contributed by atoms with Crippen LogP contribution < -0.4 is 10.1 Å². The Morgan fingerprint density at radius 2 is 1.96 bits per heavy atom. The zero-order chi connectivity index (χ0) is 18.8. The Morgan fingerprint density at radius 3 is 2.65 bits per heavy atom. The summed E-state index contributed by atoms with van der Waals surface area (Å²) in [6.07, 6.45) is 2.07. The smallest absolute Gasteiger partial charge is 0.274 e. The van der Waals surface area contributed by atoms with Gasteiger partial charge in [-0.25, -0.2) is 18.2 Å². The highest BCUT2D eigenvalue weighted by molar-refractivity contribution is 6.04. The molecule has 0 unspecified atom stereocenters. The molecule has 5 nitrogen and oxygen atoms in total. The molecule has 0 aliphatic rings. The molecule has 26 heavy (non-hydrogen) atoms. The van der Waals surface area contributed by atoms with E-state index in [-0.39, 0.29) is 5.69 Å². The number of rotatable bonds is 5. The summed E-state index contributed by atoms with van der Waals surface area (Å²) in [6.45, 7) is 4.07. The van der Waals surface area contributed by atoms with Crippen molar-refractivity contribution in [3.8, 4) is 5.75 Å². The summed E-state index contributed by atoms with van der Waals surface area (Å²) in [6, 6.07) is 5.12. The maximum atomic E-state index is 13.9. The topological polar surface area (TPSA) is 55.6 Å². The van der Waals surface area contributed by atoms with Crippen LogP contribution in [0.15, 0.2) is 30.5 Å². The van der Waals surface area contributed by atoms with Gasteiger partial charge < -0.3 is 10.1 Å². The Hall–Kier alpha value is -3.03. The summed E-state index contributed by atoms with van der Waals surface area (Å²) < 4.78 is 47.3. The van der Waals surface area contributed by atoms with Crippen LogP contribution in [0.3, 0.4) is 0 Å². The molecule has 1 amide bonds. The first kappa shape index (κ1) is 17.8. The Bertz CT molecular complexity index is 985. The number of carbonyl (C=O) groups excluding carboxylic acids is 1. The van der Waals surface area contributed by atoms with E-state index in [1.165, 1.54) is 4.40 Å². The standard InChI is InChI=1S/C18H16F3N3O2/c1-3-11-16(24-9-5-6-13(26-4-2)17(24)22-11)18(25)23-12-8-7-10(19)14(20)15(12)21/h5-9H,3-4H2,1-2H3,(H,23,25). The number of aromatic nitrogens is 2. The number of imidazole rings is 1. The number of amides is 1. The Labute approximate surface area is 147 Å². The van der Waals surface area contributed by atoms with Gasteiger partial charge in [0.15, 0.2) is 28.8 Å². The van der Waals surface area contributed by atoms with Crippen LogP contribution in [0.1, 0.15) is 30.0 Å². The second-order valence-electron chi connectivity index (χ2n) is 5.44. The molecule has 0 aliphatic heterocycles. The van der Waals surface area contributed by atoms with Gasteiger partial charge in [-0.15, -0.1) is 0 Å². The molecule has 3 rings (SSSR count). The lowest BCUT2D eigenvalue weighted by Crippen LogP contribution is -2.17. The monoisotopic (exact) mass is 363 g/mol. The van der Waals surface area contributed by atoms with Crippen molar-refractivity contribution >= 4 is 17.2 Å². The third-order valence-corrected chi connectivity index (χ3v) is 3.82. The van der Waals surface area contributed by atoms with E-state index in [4.69, 9.17) is 4.74 Å². The largest absolute Gasteiger partial charge is 0.490 e. The second kappa shape index (κ2) is 7.07. The zero-order valence-electron chi connectivity index (χ0n) is 14.1. The fraction of sp³-hybridized carbons (Fsp3) is 0.222. The molecule has 3 aromatic rings. The second-order valence-corrected chi connectivity index (χ2v) is 5.44. The van der Waals surface area contributed by atoms with E-state index >= 15 is 0 Å². The van der Waals surface area contributed by atoms with Crippen LogP contribution >= 0.6 is 0 Å². The van der Waals surface area contributed by atoms with Gasteiger partial charge in [0.25, 0.3) is 5.91 Å². The predicted molar refractivity (Wildman–Crippen MR) is 90.0 cm³/mol. The van der Waals surface area contributed by atoms with E-state index in [0.717, 1.165) is 12.1 Å². The first-order valence-corrected chi connectivity index (χ1v) is 8.05. The number of carbonyl (C=O) groups is 1. The Balaban J connectivity index is 2.06. The van der Waals surface area contributed by atoms with E-state index < -0.39 is 29.0 Å².